The number of anilines is 1. The van der Waals surface area contributed by atoms with Crippen LogP contribution in [0.15, 0.2) is 48.5 Å². The molecule has 1 heterocycles. The van der Waals surface area contributed by atoms with Gasteiger partial charge in [-0.3, -0.25) is 14.6 Å². The highest BCUT2D eigenvalue weighted by Crippen LogP contribution is 2.14. The summed E-state index contributed by atoms with van der Waals surface area (Å²) >= 11 is 0. The predicted molar refractivity (Wildman–Crippen MR) is 103 cm³/mol. The van der Waals surface area contributed by atoms with Gasteiger partial charge < -0.3 is 5.32 Å². The quantitative estimate of drug-likeness (QED) is 0.902. The molecule has 2 aromatic carbocycles. The maximum atomic E-state index is 12.3. The monoisotopic (exact) mass is 348 g/mol. The molecule has 1 N–H and O–H groups in total. The van der Waals surface area contributed by atoms with Crippen LogP contribution in [0.25, 0.3) is 0 Å². The first-order valence-electron chi connectivity index (χ1n) is 8.94. The zero-order valence-electron chi connectivity index (χ0n) is 15.1. The Morgan fingerprint density at radius 2 is 1.69 bits per heavy atom. The number of para-hydroxylation sites is 1. The van der Waals surface area contributed by atoms with Crippen LogP contribution in [-0.4, -0.2) is 48.4 Å². The van der Waals surface area contributed by atoms with Gasteiger partial charge in [0.1, 0.15) is 6.07 Å². The van der Waals surface area contributed by atoms with Gasteiger partial charge in [-0.1, -0.05) is 36.4 Å². The predicted octanol–water partition coefficient (Wildman–Crippen LogP) is 2.62. The Bertz CT molecular complexity index is 804. The standard InChI is InChI=1S/C21H24N4O/c1-17-6-2-3-8-19(17)15-24-10-12-25(13-11-24)16-21(26)23-20-9-5-4-7-18(20)14-22/h2-9H,10-13,15-16H2,1H3,(H,23,26). The van der Waals surface area contributed by atoms with Crippen molar-refractivity contribution in [3.05, 3.63) is 65.2 Å². The van der Waals surface area contributed by atoms with E-state index in [1.165, 1.54) is 11.1 Å². The molecule has 1 fully saturated rings. The first kappa shape index (κ1) is 18.1. The minimum Gasteiger partial charge on any atom is -0.324 e. The van der Waals surface area contributed by atoms with Gasteiger partial charge in [0.05, 0.1) is 17.8 Å². The van der Waals surface area contributed by atoms with Gasteiger partial charge in [-0.2, -0.15) is 5.26 Å². The van der Waals surface area contributed by atoms with Crippen molar-refractivity contribution in [3.63, 3.8) is 0 Å². The van der Waals surface area contributed by atoms with E-state index >= 15 is 0 Å². The van der Waals surface area contributed by atoms with E-state index < -0.39 is 0 Å². The summed E-state index contributed by atoms with van der Waals surface area (Å²) in [6.07, 6.45) is 0. The Hall–Kier alpha value is -2.68. The lowest BCUT2D eigenvalue weighted by Gasteiger charge is -2.34. The average molecular weight is 348 g/mol. The summed E-state index contributed by atoms with van der Waals surface area (Å²) in [5.74, 6) is -0.0694. The van der Waals surface area contributed by atoms with Crippen LogP contribution in [0.5, 0.6) is 0 Å². The van der Waals surface area contributed by atoms with Crippen LogP contribution in [0.4, 0.5) is 5.69 Å². The summed E-state index contributed by atoms with van der Waals surface area (Å²) < 4.78 is 0. The van der Waals surface area contributed by atoms with Crippen molar-refractivity contribution in [1.82, 2.24) is 9.80 Å². The largest absolute Gasteiger partial charge is 0.324 e. The number of amides is 1. The molecule has 0 unspecified atom stereocenters. The molecule has 3 rings (SSSR count). The zero-order chi connectivity index (χ0) is 18.4. The summed E-state index contributed by atoms with van der Waals surface area (Å²) in [6.45, 7) is 7.13. The number of nitriles is 1. The van der Waals surface area contributed by atoms with Gasteiger partial charge >= 0.3 is 0 Å². The highest BCUT2D eigenvalue weighted by Gasteiger charge is 2.19. The van der Waals surface area contributed by atoms with Gasteiger partial charge in [0.2, 0.25) is 5.91 Å². The van der Waals surface area contributed by atoms with Gasteiger partial charge in [0.15, 0.2) is 0 Å². The van der Waals surface area contributed by atoms with Gasteiger partial charge in [-0.05, 0) is 30.2 Å². The molecule has 0 aromatic heterocycles. The van der Waals surface area contributed by atoms with Crippen molar-refractivity contribution >= 4 is 11.6 Å². The number of carbonyl (C=O) groups is 1. The van der Waals surface area contributed by atoms with E-state index in [0.717, 1.165) is 32.7 Å². The molecule has 0 saturated carbocycles. The highest BCUT2D eigenvalue weighted by molar-refractivity contribution is 5.93. The Balaban J connectivity index is 1.47. The molecule has 134 valence electrons. The van der Waals surface area contributed by atoms with E-state index in [4.69, 9.17) is 5.26 Å². The summed E-state index contributed by atoms with van der Waals surface area (Å²) in [4.78, 5) is 16.9. The summed E-state index contributed by atoms with van der Waals surface area (Å²) in [7, 11) is 0. The molecule has 5 heteroatoms. The third-order valence-electron chi connectivity index (χ3n) is 4.81. The van der Waals surface area contributed by atoms with Crippen molar-refractivity contribution in [1.29, 1.82) is 5.26 Å². The Labute approximate surface area is 154 Å². The molecule has 0 bridgehead atoms. The molecule has 5 nitrogen and oxygen atoms in total. The number of carbonyl (C=O) groups excluding carboxylic acids is 1. The lowest BCUT2D eigenvalue weighted by molar-refractivity contribution is -0.117. The van der Waals surface area contributed by atoms with Gasteiger partial charge in [-0.15, -0.1) is 0 Å². The third-order valence-corrected chi connectivity index (χ3v) is 4.81. The minimum atomic E-state index is -0.0694. The van der Waals surface area contributed by atoms with E-state index in [2.05, 4.69) is 52.4 Å². The fourth-order valence-corrected chi connectivity index (χ4v) is 3.22. The third kappa shape index (κ3) is 4.69. The summed E-state index contributed by atoms with van der Waals surface area (Å²) in [6, 6.07) is 17.7. The number of aryl methyl sites for hydroxylation is 1. The van der Waals surface area contributed by atoms with Crippen molar-refractivity contribution < 1.29 is 4.79 Å². The fraction of sp³-hybridized carbons (Fsp3) is 0.333. The van der Waals surface area contributed by atoms with Crippen LogP contribution in [0, 0.1) is 18.3 Å². The van der Waals surface area contributed by atoms with E-state index in [-0.39, 0.29) is 5.91 Å². The highest BCUT2D eigenvalue weighted by atomic mass is 16.2. The molecule has 26 heavy (non-hydrogen) atoms. The van der Waals surface area contributed by atoms with Crippen LogP contribution in [-0.2, 0) is 11.3 Å². The van der Waals surface area contributed by atoms with E-state index in [0.29, 0.717) is 17.8 Å². The number of nitrogens with one attached hydrogen (secondary N) is 1. The van der Waals surface area contributed by atoms with Gasteiger partial charge in [0.25, 0.3) is 0 Å². The fourth-order valence-electron chi connectivity index (χ4n) is 3.22. The Morgan fingerprint density at radius 3 is 2.42 bits per heavy atom. The van der Waals surface area contributed by atoms with Crippen molar-refractivity contribution in [2.24, 2.45) is 0 Å². The molecule has 1 aliphatic rings. The smallest absolute Gasteiger partial charge is 0.238 e. The second kappa shape index (κ2) is 8.61. The number of nitrogens with zero attached hydrogens (tertiary/aromatic N) is 3. The van der Waals surface area contributed by atoms with E-state index in [1.807, 2.05) is 6.07 Å². The van der Waals surface area contributed by atoms with Gasteiger partial charge in [-0.25, -0.2) is 0 Å². The number of hydrogen-bond donors (Lipinski definition) is 1. The normalized spacial score (nSPS) is 15.4. The lowest BCUT2D eigenvalue weighted by Crippen LogP contribution is -2.48. The zero-order valence-corrected chi connectivity index (χ0v) is 15.1. The van der Waals surface area contributed by atoms with E-state index in [1.54, 1.807) is 18.2 Å². The van der Waals surface area contributed by atoms with Gasteiger partial charge in [0, 0.05) is 32.7 Å². The number of rotatable bonds is 5. The van der Waals surface area contributed by atoms with Crippen molar-refractivity contribution in [2.45, 2.75) is 13.5 Å². The summed E-state index contributed by atoms with van der Waals surface area (Å²) in [5, 5.41) is 12.0. The lowest BCUT2D eigenvalue weighted by atomic mass is 10.1. The molecule has 0 atom stereocenters. The molecule has 0 spiro atoms. The maximum absolute atomic E-state index is 12.3. The van der Waals surface area contributed by atoms with Crippen LogP contribution in [0.1, 0.15) is 16.7 Å². The molecule has 2 aromatic rings. The van der Waals surface area contributed by atoms with Crippen LogP contribution in [0.2, 0.25) is 0 Å². The molecule has 0 aliphatic carbocycles. The van der Waals surface area contributed by atoms with Crippen LogP contribution >= 0.6 is 0 Å². The number of hydrogen-bond acceptors (Lipinski definition) is 4. The molecule has 1 saturated heterocycles. The second-order valence-electron chi connectivity index (χ2n) is 6.68. The average Bonchev–Trinajstić information content (AvgIpc) is 2.65. The second-order valence-corrected chi connectivity index (χ2v) is 6.68. The van der Waals surface area contributed by atoms with Crippen molar-refractivity contribution in [3.8, 4) is 6.07 Å². The first-order chi connectivity index (χ1) is 12.7. The SMILES string of the molecule is Cc1ccccc1CN1CCN(CC(=O)Nc2ccccc2C#N)CC1. The summed E-state index contributed by atoms with van der Waals surface area (Å²) in [5.41, 5.74) is 3.76. The molecular formula is C21H24N4O. The number of piperazine rings is 1. The number of benzene rings is 2. The minimum absolute atomic E-state index is 0.0694. The maximum Gasteiger partial charge on any atom is 0.238 e. The van der Waals surface area contributed by atoms with Crippen LogP contribution in [0.3, 0.4) is 0 Å². The van der Waals surface area contributed by atoms with Crippen LogP contribution < -0.4 is 5.32 Å². The first-order valence-corrected chi connectivity index (χ1v) is 8.94. The Kier molecular flexibility index (Phi) is 6.00. The molecule has 1 amide bonds. The molecule has 0 radical (unpaired) electrons. The van der Waals surface area contributed by atoms with E-state index in [9.17, 15) is 4.79 Å². The molecular weight excluding hydrogens is 324 g/mol. The molecule has 1 aliphatic heterocycles. The Morgan fingerprint density at radius 1 is 1.04 bits per heavy atom. The topological polar surface area (TPSA) is 59.4 Å². The van der Waals surface area contributed by atoms with Crippen molar-refractivity contribution in [2.75, 3.05) is 38.0 Å².